The molecule has 0 bridgehead atoms. The first-order valence-corrected chi connectivity index (χ1v) is 6.64. The van der Waals surface area contributed by atoms with E-state index in [0.717, 1.165) is 18.7 Å². The molecule has 2 N–H and O–H groups in total. The Labute approximate surface area is 116 Å². The van der Waals surface area contributed by atoms with Crippen LogP contribution >= 0.6 is 0 Å². The third-order valence-corrected chi connectivity index (χ3v) is 4.05. The van der Waals surface area contributed by atoms with Gasteiger partial charge in [0.25, 0.3) is 5.69 Å². The van der Waals surface area contributed by atoms with Gasteiger partial charge in [-0.05, 0) is 31.5 Å². The third kappa shape index (κ3) is 1.89. The molecule has 2 heterocycles. The van der Waals surface area contributed by atoms with E-state index in [0.29, 0.717) is 10.9 Å². The van der Waals surface area contributed by atoms with E-state index in [-0.39, 0.29) is 22.7 Å². The van der Waals surface area contributed by atoms with Gasteiger partial charge in [-0.3, -0.25) is 15.1 Å². The Morgan fingerprint density at radius 3 is 2.90 bits per heavy atom. The average molecular weight is 272 g/mol. The number of nitro groups is 1. The summed E-state index contributed by atoms with van der Waals surface area (Å²) in [4.78, 5) is 17.3. The zero-order valence-corrected chi connectivity index (χ0v) is 11.2. The Hall–Kier alpha value is -2.21. The quantitative estimate of drug-likeness (QED) is 0.668. The van der Waals surface area contributed by atoms with Gasteiger partial charge in [0, 0.05) is 30.9 Å². The minimum absolute atomic E-state index is 0.0907. The van der Waals surface area contributed by atoms with Gasteiger partial charge in [0.05, 0.1) is 16.0 Å². The van der Waals surface area contributed by atoms with Gasteiger partial charge < -0.3 is 10.6 Å². The summed E-state index contributed by atoms with van der Waals surface area (Å²) in [5, 5.41) is 11.7. The van der Waals surface area contributed by atoms with Crippen LogP contribution in [-0.2, 0) is 0 Å². The summed E-state index contributed by atoms with van der Waals surface area (Å²) in [6.07, 6.45) is 2.59. The lowest BCUT2D eigenvalue weighted by atomic mass is 10.1. The molecule has 1 saturated heterocycles. The lowest BCUT2D eigenvalue weighted by Gasteiger charge is -2.26. The maximum atomic E-state index is 11.1. The fraction of sp³-hybridized carbons (Fsp3) is 0.357. The molecule has 2 unspecified atom stereocenters. The number of fused-ring (bicyclic) bond motifs is 1. The molecule has 1 aliphatic rings. The van der Waals surface area contributed by atoms with Gasteiger partial charge in [-0.2, -0.15) is 0 Å². The highest BCUT2D eigenvalue weighted by Gasteiger charge is 2.30. The van der Waals surface area contributed by atoms with Gasteiger partial charge in [0.2, 0.25) is 0 Å². The minimum Gasteiger partial charge on any atom is -0.365 e. The number of rotatable bonds is 2. The molecule has 0 radical (unpaired) electrons. The van der Waals surface area contributed by atoms with Crippen molar-refractivity contribution < 1.29 is 4.92 Å². The summed E-state index contributed by atoms with van der Waals surface area (Å²) in [6.45, 7) is 2.93. The summed E-state index contributed by atoms with van der Waals surface area (Å²) in [5.74, 6) is 0. The Morgan fingerprint density at radius 1 is 1.45 bits per heavy atom. The van der Waals surface area contributed by atoms with E-state index in [9.17, 15) is 10.1 Å². The van der Waals surface area contributed by atoms with Crippen molar-refractivity contribution in [2.24, 2.45) is 5.73 Å². The molecular weight excluding hydrogens is 256 g/mol. The van der Waals surface area contributed by atoms with E-state index < -0.39 is 0 Å². The second kappa shape index (κ2) is 4.72. The lowest BCUT2D eigenvalue weighted by Crippen LogP contribution is -2.36. The number of pyridine rings is 1. The van der Waals surface area contributed by atoms with E-state index in [1.807, 2.05) is 0 Å². The molecule has 2 aromatic rings. The Morgan fingerprint density at radius 2 is 2.25 bits per heavy atom. The van der Waals surface area contributed by atoms with Crippen LogP contribution in [0, 0.1) is 10.1 Å². The van der Waals surface area contributed by atoms with Crippen molar-refractivity contribution in [2.75, 3.05) is 11.4 Å². The van der Waals surface area contributed by atoms with Crippen LogP contribution in [-0.4, -0.2) is 28.5 Å². The summed E-state index contributed by atoms with van der Waals surface area (Å²) in [7, 11) is 0. The van der Waals surface area contributed by atoms with Crippen molar-refractivity contribution in [3.05, 3.63) is 40.6 Å². The molecule has 1 aromatic carbocycles. The number of nitrogens with two attached hydrogens (primary N) is 1. The summed E-state index contributed by atoms with van der Waals surface area (Å²) >= 11 is 0. The molecule has 0 aliphatic carbocycles. The molecule has 6 heteroatoms. The molecule has 0 amide bonds. The van der Waals surface area contributed by atoms with Crippen molar-refractivity contribution >= 4 is 22.3 Å². The topological polar surface area (TPSA) is 85.3 Å². The number of hydrogen-bond acceptors (Lipinski definition) is 5. The number of non-ortho nitro benzene ring substituents is 1. The molecule has 1 aromatic heterocycles. The Balaban J connectivity index is 2.18. The summed E-state index contributed by atoms with van der Waals surface area (Å²) in [6, 6.07) is 7.13. The largest absolute Gasteiger partial charge is 0.365 e. The normalized spacial score (nSPS) is 22.4. The zero-order chi connectivity index (χ0) is 14.3. The van der Waals surface area contributed by atoms with Crippen LogP contribution in [0.2, 0.25) is 0 Å². The highest BCUT2D eigenvalue weighted by atomic mass is 16.6. The second-order valence-electron chi connectivity index (χ2n) is 5.15. The van der Waals surface area contributed by atoms with E-state index in [1.165, 1.54) is 0 Å². The SMILES string of the molecule is CC1C(N)CCN1c1ccc([N+](=O)[O-])c2cccnc12. The maximum Gasteiger partial charge on any atom is 0.278 e. The minimum atomic E-state index is -0.368. The van der Waals surface area contributed by atoms with E-state index in [4.69, 9.17) is 5.73 Å². The van der Waals surface area contributed by atoms with Crippen LogP contribution in [0.15, 0.2) is 30.5 Å². The van der Waals surface area contributed by atoms with Crippen LogP contribution in [0.1, 0.15) is 13.3 Å². The number of hydrogen-bond donors (Lipinski definition) is 1. The van der Waals surface area contributed by atoms with Crippen LogP contribution in [0.5, 0.6) is 0 Å². The van der Waals surface area contributed by atoms with Crippen LogP contribution in [0.25, 0.3) is 10.9 Å². The van der Waals surface area contributed by atoms with Gasteiger partial charge in [0.1, 0.15) is 5.52 Å². The molecule has 0 saturated carbocycles. The van der Waals surface area contributed by atoms with Crippen LogP contribution < -0.4 is 10.6 Å². The summed E-state index contributed by atoms with van der Waals surface area (Å²) < 4.78 is 0. The van der Waals surface area contributed by atoms with Crippen molar-refractivity contribution in [1.29, 1.82) is 0 Å². The molecule has 3 rings (SSSR count). The highest BCUT2D eigenvalue weighted by Crippen LogP contribution is 2.35. The van der Waals surface area contributed by atoms with E-state index in [2.05, 4.69) is 16.8 Å². The molecule has 1 aliphatic heterocycles. The Kier molecular flexibility index (Phi) is 3.02. The number of benzene rings is 1. The first kappa shape index (κ1) is 12.8. The zero-order valence-electron chi connectivity index (χ0n) is 11.2. The van der Waals surface area contributed by atoms with Crippen molar-refractivity contribution in [1.82, 2.24) is 4.98 Å². The van der Waals surface area contributed by atoms with Crippen LogP contribution in [0.3, 0.4) is 0 Å². The number of aromatic nitrogens is 1. The Bertz CT molecular complexity index is 673. The maximum absolute atomic E-state index is 11.1. The molecule has 2 atom stereocenters. The van der Waals surface area contributed by atoms with E-state index >= 15 is 0 Å². The first-order chi connectivity index (χ1) is 9.59. The van der Waals surface area contributed by atoms with Gasteiger partial charge in [-0.15, -0.1) is 0 Å². The predicted molar refractivity (Wildman–Crippen MR) is 77.8 cm³/mol. The smallest absolute Gasteiger partial charge is 0.278 e. The molecule has 20 heavy (non-hydrogen) atoms. The van der Waals surface area contributed by atoms with Crippen molar-refractivity contribution in [3.8, 4) is 0 Å². The average Bonchev–Trinajstić information content (AvgIpc) is 2.77. The van der Waals surface area contributed by atoms with Gasteiger partial charge >= 0.3 is 0 Å². The standard InChI is InChI=1S/C14H16N4O2/c1-9-11(15)6-8-17(9)13-5-4-12(18(19)20)10-3-2-7-16-14(10)13/h2-5,7,9,11H,6,8,15H2,1H3. The molecule has 0 spiro atoms. The lowest BCUT2D eigenvalue weighted by molar-refractivity contribution is -0.383. The number of anilines is 1. The summed E-state index contributed by atoms with van der Waals surface area (Å²) in [5.41, 5.74) is 7.74. The number of nitro benzene ring substituents is 1. The van der Waals surface area contributed by atoms with Crippen LogP contribution in [0.4, 0.5) is 11.4 Å². The molecule has 6 nitrogen and oxygen atoms in total. The fourth-order valence-electron chi connectivity index (χ4n) is 2.84. The second-order valence-corrected chi connectivity index (χ2v) is 5.15. The van der Waals surface area contributed by atoms with Gasteiger partial charge in [0.15, 0.2) is 0 Å². The molecule has 1 fully saturated rings. The van der Waals surface area contributed by atoms with Gasteiger partial charge in [-0.25, -0.2) is 0 Å². The first-order valence-electron chi connectivity index (χ1n) is 6.64. The van der Waals surface area contributed by atoms with Crippen molar-refractivity contribution in [3.63, 3.8) is 0 Å². The third-order valence-electron chi connectivity index (χ3n) is 4.05. The molecular formula is C14H16N4O2. The monoisotopic (exact) mass is 272 g/mol. The number of nitrogens with zero attached hydrogens (tertiary/aromatic N) is 3. The highest BCUT2D eigenvalue weighted by molar-refractivity contribution is 5.97. The van der Waals surface area contributed by atoms with Gasteiger partial charge in [-0.1, -0.05) is 0 Å². The predicted octanol–water partition coefficient (Wildman–Crippen LogP) is 2.07. The molecule has 104 valence electrons. The fourth-order valence-corrected chi connectivity index (χ4v) is 2.84. The van der Waals surface area contributed by atoms with Crippen molar-refractivity contribution in [2.45, 2.75) is 25.4 Å². The van der Waals surface area contributed by atoms with E-state index in [1.54, 1.807) is 30.5 Å².